The average Bonchev–Trinajstić information content (AvgIpc) is 3.28. The van der Waals surface area contributed by atoms with E-state index in [1.54, 1.807) is 30.7 Å². The third-order valence-corrected chi connectivity index (χ3v) is 4.40. The van der Waals surface area contributed by atoms with E-state index in [4.69, 9.17) is 0 Å². The molecule has 4 aromatic heterocycles. The molecule has 0 aliphatic carbocycles. The Bertz CT molecular complexity index is 1070. The second kappa shape index (κ2) is 6.21. The second-order valence-electron chi connectivity index (χ2n) is 5.02. The number of hydrogen-bond acceptors (Lipinski definition) is 7. The lowest BCUT2D eigenvalue weighted by molar-refractivity contribution is 0.102. The molecule has 0 aliphatic rings. The Balaban J connectivity index is 1.56. The second-order valence-corrected chi connectivity index (χ2v) is 6.06. The van der Waals surface area contributed by atoms with E-state index in [1.165, 1.54) is 22.0 Å². The van der Waals surface area contributed by atoms with E-state index in [2.05, 4.69) is 25.4 Å². The predicted molar refractivity (Wildman–Crippen MR) is 91.7 cm³/mol. The van der Waals surface area contributed by atoms with Gasteiger partial charge in [0.25, 0.3) is 5.91 Å². The molecule has 0 saturated carbocycles. The van der Waals surface area contributed by atoms with Crippen molar-refractivity contribution in [2.24, 2.45) is 0 Å². The largest absolute Gasteiger partial charge is 0.304 e. The molecule has 0 fully saturated rings. The molecule has 122 valence electrons. The first-order valence-corrected chi connectivity index (χ1v) is 8.04. The van der Waals surface area contributed by atoms with Crippen LogP contribution >= 0.6 is 11.3 Å². The van der Waals surface area contributed by atoms with Gasteiger partial charge in [-0.3, -0.25) is 14.6 Å². The van der Waals surface area contributed by atoms with Crippen molar-refractivity contribution in [3.8, 4) is 10.6 Å². The number of amides is 1. The maximum atomic E-state index is 12.4. The molecule has 0 aliphatic heterocycles. The Morgan fingerprint density at radius 3 is 2.84 bits per heavy atom. The van der Waals surface area contributed by atoms with Crippen molar-refractivity contribution in [1.29, 1.82) is 0 Å². The third kappa shape index (κ3) is 3.00. The highest BCUT2D eigenvalue weighted by Gasteiger charge is 2.14. The van der Waals surface area contributed by atoms with Gasteiger partial charge in [0.1, 0.15) is 15.6 Å². The molecule has 4 rings (SSSR count). The summed E-state index contributed by atoms with van der Waals surface area (Å²) < 4.78 is 1.44. The quantitative estimate of drug-likeness (QED) is 0.567. The minimum Gasteiger partial charge on any atom is -0.304 e. The number of rotatable bonds is 4. The summed E-state index contributed by atoms with van der Waals surface area (Å²) in [5.74, 6) is 0.0382. The van der Waals surface area contributed by atoms with E-state index in [1.807, 2.05) is 12.1 Å². The van der Waals surface area contributed by atoms with Crippen LogP contribution in [0.2, 0.25) is 0 Å². The highest BCUT2D eigenvalue weighted by atomic mass is 32.1. The summed E-state index contributed by atoms with van der Waals surface area (Å²) in [5, 5.41) is 7.50. The molecule has 0 unspecified atom stereocenters. The molecule has 0 spiro atoms. The zero-order valence-electron chi connectivity index (χ0n) is 12.7. The molecule has 0 atom stereocenters. The molecule has 25 heavy (non-hydrogen) atoms. The Morgan fingerprint density at radius 2 is 2.04 bits per heavy atom. The smallest absolute Gasteiger partial charge is 0.268 e. The normalized spacial score (nSPS) is 10.7. The Hall–Kier alpha value is -3.46. The van der Waals surface area contributed by atoms with Gasteiger partial charge in [-0.15, -0.1) is 11.3 Å². The monoisotopic (exact) mass is 350 g/mol. The standard InChI is InChI=1S/C16H10N6O2S/c23-9-11-1-2-14-19-13(8-22(14)21-11)20-15(24)12-7-18-16(25-12)10-3-5-17-6-4-10/h1-9H,(H,20,24). The van der Waals surface area contributed by atoms with Gasteiger partial charge >= 0.3 is 0 Å². The lowest BCUT2D eigenvalue weighted by Crippen LogP contribution is -2.10. The van der Waals surface area contributed by atoms with Crippen LogP contribution in [0.5, 0.6) is 0 Å². The maximum absolute atomic E-state index is 12.4. The summed E-state index contributed by atoms with van der Waals surface area (Å²) in [4.78, 5) is 36.1. The van der Waals surface area contributed by atoms with Crippen LogP contribution < -0.4 is 5.32 Å². The molecule has 4 heterocycles. The number of nitrogens with one attached hydrogen (secondary N) is 1. The van der Waals surface area contributed by atoms with Crippen LogP contribution in [0.25, 0.3) is 16.2 Å². The lowest BCUT2D eigenvalue weighted by atomic mass is 10.3. The summed E-state index contributed by atoms with van der Waals surface area (Å²) in [6.45, 7) is 0. The van der Waals surface area contributed by atoms with Crippen LogP contribution in [0.4, 0.5) is 5.82 Å². The Labute approximate surface area is 145 Å². The first-order valence-electron chi connectivity index (χ1n) is 7.22. The molecular formula is C16H10N6O2S. The van der Waals surface area contributed by atoms with E-state index < -0.39 is 0 Å². The van der Waals surface area contributed by atoms with Gasteiger partial charge < -0.3 is 5.32 Å². The lowest BCUT2D eigenvalue weighted by Gasteiger charge is -1.97. The number of carbonyl (C=O) groups excluding carboxylic acids is 2. The number of hydrogen-bond donors (Lipinski definition) is 1. The van der Waals surface area contributed by atoms with E-state index in [9.17, 15) is 9.59 Å². The van der Waals surface area contributed by atoms with Crippen molar-refractivity contribution in [2.45, 2.75) is 0 Å². The van der Waals surface area contributed by atoms with Gasteiger partial charge in [0.15, 0.2) is 17.8 Å². The number of pyridine rings is 1. The molecule has 8 nitrogen and oxygen atoms in total. The van der Waals surface area contributed by atoms with Gasteiger partial charge in [-0.25, -0.2) is 14.5 Å². The molecule has 0 radical (unpaired) electrons. The number of carbonyl (C=O) groups is 2. The maximum Gasteiger partial charge on any atom is 0.268 e. The van der Waals surface area contributed by atoms with Crippen LogP contribution in [0.3, 0.4) is 0 Å². The summed E-state index contributed by atoms with van der Waals surface area (Å²) in [6.07, 6.45) is 7.07. The molecule has 1 N–H and O–H groups in total. The summed E-state index contributed by atoms with van der Waals surface area (Å²) >= 11 is 1.28. The number of nitrogens with zero attached hydrogens (tertiary/aromatic N) is 5. The van der Waals surface area contributed by atoms with E-state index in [0.717, 1.165) is 10.6 Å². The van der Waals surface area contributed by atoms with E-state index in [-0.39, 0.29) is 11.6 Å². The summed E-state index contributed by atoms with van der Waals surface area (Å²) in [7, 11) is 0. The Morgan fingerprint density at radius 1 is 1.20 bits per heavy atom. The molecule has 9 heteroatoms. The van der Waals surface area contributed by atoms with Crippen molar-refractivity contribution in [3.63, 3.8) is 0 Å². The molecule has 0 saturated heterocycles. The Kier molecular flexibility index (Phi) is 3.75. The number of aromatic nitrogens is 5. The summed E-state index contributed by atoms with van der Waals surface area (Å²) in [5.41, 5.74) is 1.72. The number of imidazole rings is 1. The van der Waals surface area contributed by atoms with Crippen molar-refractivity contribution < 1.29 is 9.59 Å². The number of aldehydes is 1. The van der Waals surface area contributed by atoms with Crippen molar-refractivity contribution in [2.75, 3.05) is 5.32 Å². The summed E-state index contributed by atoms with van der Waals surface area (Å²) in [6, 6.07) is 6.88. The number of fused-ring (bicyclic) bond motifs is 1. The van der Waals surface area contributed by atoms with Crippen LogP contribution in [0, 0.1) is 0 Å². The van der Waals surface area contributed by atoms with Crippen LogP contribution in [0.1, 0.15) is 20.2 Å². The molecule has 1 amide bonds. The van der Waals surface area contributed by atoms with Crippen LogP contribution in [-0.4, -0.2) is 36.8 Å². The zero-order chi connectivity index (χ0) is 17.2. The van der Waals surface area contributed by atoms with Gasteiger partial charge in [-0.2, -0.15) is 5.10 Å². The molecular weight excluding hydrogens is 340 g/mol. The van der Waals surface area contributed by atoms with E-state index in [0.29, 0.717) is 22.6 Å². The minimum atomic E-state index is -0.308. The topological polar surface area (TPSA) is 102 Å². The van der Waals surface area contributed by atoms with Gasteiger partial charge in [0, 0.05) is 18.0 Å². The van der Waals surface area contributed by atoms with Crippen molar-refractivity contribution in [3.05, 3.63) is 59.6 Å². The third-order valence-electron chi connectivity index (χ3n) is 3.36. The van der Waals surface area contributed by atoms with E-state index >= 15 is 0 Å². The van der Waals surface area contributed by atoms with Gasteiger partial charge in [0.05, 0.1) is 12.4 Å². The minimum absolute atomic E-state index is 0.284. The SMILES string of the molecule is O=Cc1ccc2nc(NC(=O)c3cnc(-c4ccncc4)s3)cn2n1. The molecule has 0 bridgehead atoms. The van der Waals surface area contributed by atoms with Gasteiger partial charge in [-0.05, 0) is 24.3 Å². The molecule has 4 aromatic rings. The fourth-order valence-electron chi connectivity index (χ4n) is 2.20. The van der Waals surface area contributed by atoms with Crippen LogP contribution in [-0.2, 0) is 0 Å². The van der Waals surface area contributed by atoms with Crippen LogP contribution in [0.15, 0.2) is 49.1 Å². The fourth-order valence-corrected chi connectivity index (χ4v) is 3.02. The number of thiazole rings is 1. The van der Waals surface area contributed by atoms with Gasteiger partial charge in [-0.1, -0.05) is 0 Å². The fraction of sp³-hybridized carbons (Fsp3) is 0. The van der Waals surface area contributed by atoms with Gasteiger partial charge in [0.2, 0.25) is 0 Å². The zero-order valence-corrected chi connectivity index (χ0v) is 13.5. The average molecular weight is 350 g/mol. The highest BCUT2D eigenvalue weighted by Crippen LogP contribution is 2.25. The highest BCUT2D eigenvalue weighted by molar-refractivity contribution is 7.17. The van der Waals surface area contributed by atoms with Crippen molar-refractivity contribution in [1.82, 2.24) is 24.6 Å². The first-order chi connectivity index (χ1) is 12.2. The first kappa shape index (κ1) is 15.1. The number of anilines is 1. The predicted octanol–water partition coefficient (Wildman–Crippen LogP) is 2.31. The molecule has 0 aromatic carbocycles. The van der Waals surface area contributed by atoms with Crippen molar-refractivity contribution >= 4 is 35.0 Å².